The summed E-state index contributed by atoms with van der Waals surface area (Å²) in [5, 5.41) is 0. The van der Waals surface area contributed by atoms with Crippen molar-refractivity contribution >= 4 is 28.6 Å². The Morgan fingerprint density at radius 1 is 1.29 bits per heavy atom. The van der Waals surface area contributed by atoms with Gasteiger partial charge in [-0.3, -0.25) is 0 Å². The number of methoxy groups -OCH3 is 1. The van der Waals surface area contributed by atoms with Gasteiger partial charge in [0.05, 0.1) is 12.8 Å². The molecule has 0 aliphatic heterocycles. The fourth-order valence-corrected chi connectivity index (χ4v) is 2.38. The maximum Gasteiger partial charge on any atom is 0.125 e. The molecule has 21 heavy (non-hydrogen) atoms. The molecule has 0 bridgehead atoms. The highest BCUT2D eigenvalue weighted by Gasteiger charge is 2.15. The molecule has 2 N–H and O–H groups in total. The predicted molar refractivity (Wildman–Crippen MR) is 88.0 cm³/mol. The lowest BCUT2D eigenvalue weighted by Crippen LogP contribution is -2.21. The van der Waals surface area contributed by atoms with E-state index in [-0.39, 0.29) is 5.82 Å². The summed E-state index contributed by atoms with van der Waals surface area (Å²) in [6, 6.07) is 11.9. The van der Waals surface area contributed by atoms with Crippen LogP contribution in [0.4, 0.5) is 15.8 Å². The van der Waals surface area contributed by atoms with Crippen LogP contribution in [0.15, 0.2) is 42.5 Å². The Balaban J connectivity index is 2.57. The zero-order valence-corrected chi connectivity index (χ0v) is 12.8. The maximum atomic E-state index is 13.5. The van der Waals surface area contributed by atoms with Gasteiger partial charge in [-0.25, -0.2) is 4.39 Å². The number of ether oxygens (including phenoxy) is 1. The SMILES string of the molecule is CCN(c1cccc(F)c1)c1cc(OC)ccc1C(N)=S. The van der Waals surface area contributed by atoms with Crippen LogP contribution >= 0.6 is 12.2 Å². The van der Waals surface area contributed by atoms with Crippen molar-refractivity contribution in [3.05, 3.63) is 53.8 Å². The lowest BCUT2D eigenvalue weighted by atomic mass is 10.1. The van der Waals surface area contributed by atoms with Gasteiger partial charge in [-0.05, 0) is 37.3 Å². The molecule has 0 amide bonds. The maximum absolute atomic E-state index is 13.5. The molecule has 2 rings (SSSR count). The molecule has 0 heterocycles. The second kappa shape index (κ2) is 6.54. The molecule has 0 atom stereocenters. The van der Waals surface area contributed by atoms with Crippen LogP contribution in [-0.2, 0) is 0 Å². The Morgan fingerprint density at radius 2 is 2.05 bits per heavy atom. The molecule has 3 nitrogen and oxygen atoms in total. The van der Waals surface area contributed by atoms with Crippen LogP contribution in [0.1, 0.15) is 12.5 Å². The number of nitrogens with zero attached hydrogens (tertiary/aromatic N) is 1. The van der Waals surface area contributed by atoms with Gasteiger partial charge in [0.15, 0.2) is 0 Å². The molecule has 0 aromatic heterocycles. The van der Waals surface area contributed by atoms with Crippen molar-refractivity contribution in [3.8, 4) is 5.75 Å². The largest absolute Gasteiger partial charge is 0.497 e. The molecule has 110 valence electrons. The monoisotopic (exact) mass is 304 g/mol. The van der Waals surface area contributed by atoms with Crippen LogP contribution in [0.2, 0.25) is 0 Å². The molecular weight excluding hydrogens is 287 g/mol. The van der Waals surface area contributed by atoms with Gasteiger partial charge in [-0.1, -0.05) is 18.3 Å². The van der Waals surface area contributed by atoms with E-state index in [1.165, 1.54) is 12.1 Å². The molecule has 0 radical (unpaired) electrons. The van der Waals surface area contributed by atoms with Crippen LogP contribution < -0.4 is 15.4 Å². The van der Waals surface area contributed by atoms with Crippen molar-refractivity contribution in [3.63, 3.8) is 0 Å². The molecule has 0 aliphatic rings. The smallest absolute Gasteiger partial charge is 0.125 e. The number of benzene rings is 2. The summed E-state index contributed by atoms with van der Waals surface area (Å²) in [4.78, 5) is 2.24. The van der Waals surface area contributed by atoms with Gasteiger partial charge < -0.3 is 15.4 Å². The highest BCUT2D eigenvalue weighted by molar-refractivity contribution is 7.80. The van der Waals surface area contributed by atoms with E-state index in [0.717, 1.165) is 16.9 Å². The average molecular weight is 304 g/mol. The number of hydrogen-bond acceptors (Lipinski definition) is 3. The molecular formula is C16H17FN2OS. The summed E-state index contributed by atoms with van der Waals surface area (Å²) in [5.41, 5.74) is 8.07. The fourth-order valence-electron chi connectivity index (χ4n) is 2.21. The molecule has 0 fully saturated rings. The van der Waals surface area contributed by atoms with Crippen molar-refractivity contribution in [1.29, 1.82) is 0 Å². The quantitative estimate of drug-likeness (QED) is 0.856. The fraction of sp³-hybridized carbons (Fsp3) is 0.188. The molecule has 0 saturated carbocycles. The Kier molecular flexibility index (Phi) is 4.75. The third-order valence-electron chi connectivity index (χ3n) is 3.20. The van der Waals surface area contributed by atoms with E-state index in [0.29, 0.717) is 17.3 Å². The van der Waals surface area contributed by atoms with E-state index in [4.69, 9.17) is 22.7 Å². The average Bonchev–Trinajstić information content (AvgIpc) is 2.47. The lowest BCUT2D eigenvalue weighted by molar-refractivity contribution is 0.415. The second-order valence-electron chi connectivity index (χ2n) is 4.47. The molecule has 2 aromatic carbocycles. The summed E-state index contributed by atoms with van der Waals surface area (Å²) in [6.45, 7) is 2.62. The van der Waals surface area contributed by atoms with E-state index in [1.807, 2.05) is 30.0 Å². The van der Waals surface area contributed by atoms with Gasteiger partial charge in [-0.2, -0.15) is 0 Å². The van der Waals surface area contributed by atoms with Crippen LogP contribution in [0, 0.1) is 5.82 Å². The lowest BCUT2D eigenvalue weighted by Gasteiger charge is -2.26. The van der Waals surface area contributed by atoms with Gasteiger partial charge in [0.25, 0.3) is 0 Å². The number of rotatable bonds is 5. The Hall–Kier alpha value is -2.14. The van der Waals surface area contributed by atoms with Gasteiger partial charge in [0.1, 0.15) is 16.6 Å². The summed E-state index contributed by atoms with van der Waals surface area (Å²) in [5.74, 6) is 0.408. The number of halogens is 1. The molecule has 0 aliphatic carbocycles. The summed E-state index contributed by atoms with van der Waals surface area (Å²) in [7, 11) is 1.60. The zero-order valence-electron chi connectivity index (χ0n) is 12.0. The number of nitrogens with two attached hydrogens (primary N) is 1. The van der Waals surface area contributed by atoms with Crippen LogP contribution in [0.5, 0.6) is 5.75 Å². The normalized spacial score (nSPS) is 10.2. The van der Waals surface area contributed by atoms with Crippen molar-refractivity contribution in [2.45, 2.75) is 6.92 Å². The van der Waals surface area contributed by atoms with E-state index >= 15 is 0 Å². The van der Waals surface area contributed by atoms with Gasteiger partial charge in [0, 0.05) is 23.9 Å². The van der Waals surface area contributed by atoms with E-state index in [2.05, 4.69) is 0 Å². The Bertz CT molecular complexity index is 660. The van der Waals surface area contributed by atoms with Crippen molar-refractivity contribution in [2.24, 2.45) is 5.73 Å². The molecule has 5 heteroatoms. The number of thiocarbonyl (C=S) groups is 1. The Morgan fingerprint density at radius 3 is 2.62 bits per heavy atom. The first-order chi connectivity index (χ1) is 10.1. The van der Waals surface area contributed by atoms with E-state index in [9.17, 15) is 4.39 Å². The highest BCUT2D eigenvalue weighted by atomic mass is 32.1. The summed E-state index contributed by atoms with van der Waals surface area (Å²) in [6.07, 6.45) is 0. The Labute approximate surface area is 129 Å². The molecule has 0 spiro atoms. The van der Waals surface area contributed by atoms with Crippen LogP contribution in [0.25, 0.3) is 0 Å². The van der Waals surface area contributed by atoms with Crippen molar-refractivity contribution < 1.29 is 9.13 Å². The highest BCUT2D eigenvalue weighted by Crippen LogP contribution is 2.32. The minimum absolute atomic E-state index is 0.286. The van der Waals surface area contributed by atoms with Crippen LogP contribution in [0.3, 0.4) is 0 Å². The molecule has 0 saturated heterocycles. The van der Waals surface area contributed by atoms with Gasteiger partial charge in [-0.15, -0.1) is 0 Å². The summed E-state index contributed by atoms with van der Waals surface area (Å²) < 4.78 is 18.7. The van der Waals surface area contributed by atoms with Gasteiger partial charge in [0.2, 0.25) is 0 Å². The minimum Gasteiger partial charge on any atom is -0.497 e. The first kappa shape index (κ1) is 15.3. The van der Waals surface area contributed by atoms with Gasteiger partial charge >= 0.3 is 0 Å². The van der Waals surface area contributed by atoms with Crippen molar-refractivity contribution in [2.75, 3.05) is 18.6 Å². The van der Waals surface area contributed by atoms with E-state index in [1.54, 1.807) is 19.2 Å². The third kappa shape index (κ3) is 3.31. The summed E-state index contributed by atoms with van der Waals surface area (Å²) >= 11 is 5.11. The van der Waals surface area contributed by atoms with E-state index < -0.39 is 0 Å². The number of hydrogen-bond donors (Lipinski definition) is 1. The minimum atomic E-state index is -0.286. The number of anilines is 2. The second-order valence-corrected chi connectivity index (χ2v) is 4.91. The van der Waals surface area contributed by atoms with Crippen molar-refractivity contribution in [1.82, 2.24) is 0 Å². The zero-order chi connectivity index (χ0) is 15.4. The topological polar surface area (TPSA) is 38.5 Å². The standard InChI is InChI=1S/C16H17FN2OS/c1-3-19(12-6-4-5-11(17)9-12)15-10-13(20-2)7-8-14(15)16(18)21/h4-10H,3H2,1-2H3,(H2,18,21). The third-order valence-corrected chi connectivity index (χ3v) is 3.42. The first-order valence-corrected chi connectivity index (χ1v) is 6.98. The molecule has 2 aromatic rings. The predicted octanol–water partition coefficient (Wildman–Crippen LogP) is 3.63. The van der Waals surface area contributed by atoms with Crippen LogP contribution in [-0.4, -0.2) is 18.6 Å². The molecule has 0 unspecified atom stereocenters. The first-order valence-electron chi connectivity index (χ1n) is 6.57.